The topological polar surface area (TPSA) is 46.2 Å². The van der Waals surface area contributed by atoms with Crippen LogP contribution in [0.2, 0.25) is 0 Å². The molecule has 0 aliphatic carbocycles. The van der Waals surface area contributed by atoms with Crippen LogP contribution in [-0.4, -0.2) is 11.8 Å². The number of carbonyl (C=O) groups is 2. The molecule has 2 rings (SSSR count). The Bertz CT molecular complexity index is 623. The highest BCUT2D eigenvalue weighted by atomic mass is 16.2. The zero-order valence-corrected chi connectivity index (χ0v) is 18.6. The lowest BCUT2D eigenvalue weighted by molar-refractivity contribution is 0.0879. The van der Waals surface area contributed by atoms with Gasteiger partial charge in [0.05, 0.1) is 11.1 Å². The fourth-order valence-electron chi connectivity index (χ4n) is 4.36. The Balaban J connectivity index is 1.40. The molecule has 1 heterocycles. The van der Waals surface area contributed by atoms with Crippen molar-refractivity contribution in [3.63, 3.8) is 0 Å². The Hall–Kier alpha value is -1.64. The average molecular weight is 400 g/mol. The number of amides is 2. The summed E-state index contributed by atoms with van der Waals surface area (Å²) in [6.45, 7) is 2.28. The maximum atomic E-state index is 11.9. The first kappa shape index (κ1) is 23.6. The highest BCUT2D eigenvalue weighted by Gasteiger charge is 2.28. The smallest absolute Gasteiger partial charge is 0.259 e. The maximum Gasteiger partial charge on any atom is 0.259 e. The molecular formula is C26H41NO2. The van der Waals surface area contributed by atoms with E-state index in [0.29, 0.717) is 11.1 Å². The lowest BCUT2D eigenvalue weighted by atomic mass is 9.97. The van der Waals surface area contributed by atoms with Crippen molar-refractivity contribution >= 4 is 11.8 Å². The Morgan fingerprint density at radius 1 is 0.621 bits per heavy atom. The van der Waals surface area contributed by atoms with Crippen LogP contribution in [0, 0.1) is 0 Å². The molecule has 0 fully saturated rings. The second-order valence-electron chi connectivity index (χ2n) is 8.68. The average Bonchev–Trinajstić information content (AvgIpc) is 3.02. The molecule has 1 aliphatic heterocycles. The van der Waals surface area contributed by atoms with E-state index in [9.17, 15) is 9.59 Å². The third-order valence-corrected chi connectivity index (χ3v) is 6.15. The van der Waals surface area contributed by atoms with Gasteiger partial charge in [0.2, 0.25) is 0 Å². The van der Waals surface area contributed by atoms with Crippen LogP contribution in [0.3, 0.4) is 0 Å². The van der Waals surface area contributed by atoms with Gasteiger partial charge in [-0.25, -0.2) is 0 Å². The monoisotopic (exact) mass is 399 g/mol. The number of unbranched alkanes of at least 4 members (excludes halogenated alkanes) is 15. The summed E-state index contributed by atoms with van der Waals surface area (Å²) in [5.74, 6) is -0.476. The van der Waals surface area contributed by atoms with Gasteiger partial charge in [0, 0.05) is 0 Å². The van der Waals surface area contributed by atoms with Crippen molar-refractivity contribution in [1.29, 1.82) is 0 Å². The van der Waals surface area contributed by atoms with Crippen LogP contribution >= 0.6 is 0 Å². The van der Waals surface area contributed by atoms with E-state index in [1.54, 1.807) is 6.07 Å². The Morgan fingerprint density at radius 2 is 1.10 bits per heavy atom. The number of fused-ring (bicyclic) bond motifs is 1. The van der Waals surface area contributed by atoms with Crippen LogP contribution in [0.25, 0.3) is 0 Å². The Kier molecular flexibility index (Phi) is 11.7. The van der Waals surface area contributed by atoms with Gasteiger partial charge in [-0.3, -0.25) is 14.9 Å². The minimum Gasteiger partial charge on any atom is -0.288 e. The summed E-state index contributed by atoms with van der Waals surface area (Å²) in [4.78, 5) is 23.7. The SMILES string of the molecule is CCCCCCCCCCCCCCCCCCc1cccc2c1C(=O)NC2=O. The predicted molar refractivity (Wildman–Crippen MR) is 121 cm³/mol. The first-order chi connectivity index (χ1) is 14.2. The number of carbonyl (C=O) groups excluding carboxylic acids is 2. The molecule has 0 atom stereocenters. The van der Waals surface area contributed by atoms with Crippen LogP contribution in [0.1, 0.15) is 136 Å². The van der Waals surface area contributed by atoms with E-state index in [0.717, 1.165) is 18.4 Å². The highest BCUT2D eigenvalue weighted by molar-refractivity contribution is 6.22. The molecule has 1 aliphatic rings. The zero-order chi connectivity index (χ0) is 20.7. The first-order valence-electron chi connectivity index (χ1n) is 12.2. The zero-order valence-electron chi connectivity index (χ0n) is 18.6. The van der Waals surface area contributed by atoms with Crippen molar-refractivity contribution < 1.29 is 9.59 Å². The first-order valence-corrected chi connectivity index (χ1v) is 12.2. The summed E-state index contributed by atoms with van der Waals surface area (Å²) in [7, 11) is 0. The third kappa shape index (κ3) is 8.72. The maximum absolute atomic E-state index is 11.9. The number of hydrogen-bond donors (Lipinski definition) is 1. The standard InChI is InChI=1S/C26H41NO2/c1-2-3-4-5-6-7-8-9-10-11-12-13-14-15-16-17-19-22-20-18-21-23-24(22)26(29)27-25(23)28/h18,20-21H,2-17,19H2,1H3,(H,27,28,29). The van der Waals surface area contributed by atoms with Gasteiger partial charge < -0.3 is 0 Å². The van der Waals surface area contributed by atoms with Gasteiger partial charge in [-0.1, -0.05) is 115 Å². The lowest BCUT2D eigenvalue weighted by Gasteiger charge is -2.06. The van der Waals surface area contributed by atoms with Gasteiger partial charge in [-0.2, -0.15) is 0 Å². The van der Waals surface area contributed by atoms with Gasteiger partial charge in [0.15, 0.2) is 0 Å². The third-order valence-electron chi connectivity index (χ3n) is 6.15. The van der Waals surface area contributed by atoms with Gasteiger partial charge >= 0.3 is 0 Å². The number of nitrogens with one attached hydrogen (secondary N) is 1. The van der Waals surface area contributed by atoms with E-state index < -0.39 is 0 Å². The predicted octanol–water partition coefficient (Wildman–Crippen LogP) is 7.37. The molecule has 3 nitrogen and oxygen atoms in total. The van der Waals surface area contributed by atoms with Gasteiger partial charge in [-0.05, 0) is 24.5 Å². The highest BCUT2D eigenvalue weighted by Crippen LogP contribution is 2.22. The van der Waals surface area contributed by atoms with Crippen LogP contribution < -0.4 is 5.32 Å². The molecule has 2 amide bonds. The van der Waals surface area contributed by atoms with Crippen LogP contribution in [0.15, 0.2) is 18.2 Å². The fourth-order valence-corrected chi connectivity index (χ4v) is 4.36. The van der Waals surface area contributed by atoms with Gasteiger partial charge in [0.1, 0.15) is 0 Å². The fraction of sp³-hybridized carbons (Fsp3) is 0.692. The Morgan fingerprint density at radius 3 is 1.62 bits per heavy atom. The summed E-state index contributed by atoms with van der Waals surface area (Å²) in [6.07, 6.45) is 22.7. The second-order valence-corrected chi connectivity index (χ2v) is 8.68. The van der Waals surface area contributed by atoms with E-state index in [4.69, 9.17) is 0 Å². The van der Waals surface area contributed by atoms with E-state index in [1.807, 2.05) is 12.1 Å². The number of imide groups is 1. The van der Waals surface area contributed by atoms with Crippen molar-refractivity contribution in [3.8, 4) is 0 Å². The van der Waals surface area contributed by atoms with Crippen LogP contribution in [-0.2, 0) is 6.42 Å². The van der Waals surface area contributed by atoms with E-state index in [-0.39, 0.29) is 11.8 Å². The van der Waals surface area contributed by atoms with Gasteiger partial charge in [-0.15, -0.1) is 0 Å². The molecule has 1 aromatic carbocycles. The number of aryl methyl sites for hydroxylation is 1. The van der Waals surface area contributed by atoms with Crippen molar-refractivity contribution in [2.45, 2.75) is 116 Å². The summed E-state index contributed by atoms with van der Waals surface area (Å²) < 4.78 is 0. The van der Waals surface area contributed by atoms with Crippen LogP contribution in [0.5, 0.6) is 0 Å². The largest absolute Gasteiger partial charge is 0.288 e. The molecule has 3 heteroatoms. The number of rotatable bonds is 17. The number of hydrogen-bond acceptors (Lipinski definition) is 2. The van der Waals surface area contributed by atoms with Gasteiger partial charge in [0.25, 0.3) is 11.8 Å². The summed E-state index contributed by atoms with van der Waals surface area (Å²) >= 11 is 0. The lowest BCUT2D eigenvalue weighted by Crippen LogP contribution is -2.20. The quantitative estimate of drug-likeness (QED) is 0.219. The molecule has 1 aromatic rings. The Labute approximate surface area is 178 Å². The van der Waals surface area contributed by atoms with E-state index in [2.05, 4.69) is 12.2 Å². The molecule has 0 spiro atoms. The number of benzene rings is 1. The van der Waals surface area contributed by atoms with Crippen molar-refractivity contribution in [2.75, 3.05) is 0 Å². The minimum absolute atomic E-state index is 0.225. The van der Waals surface area contributed by atoms with Crippen molar-refractivity contribution in [3.05, 3.63) is 34.9 Å². The van der Waals surface area contributed by atoms with Crippen molar-refractivity contribution in [1.82, 2.24) is 5.32 Å². The van der Waals surface area contributed by atoms with Crippen LogP contribution in [0.4, 0.5) is 0 Å². The molecule has 0 unspecified atom stereocenters. The van der Waals surface area contributed by atoms with E-state index in [1.165, 1.54) is 96.3 Å². The van der Waals surface area contributed by atoms with Crippen molar-refractivity contribution in [2.24, 2.45) is 0 Å². The molecular weight excluding hydrogens is 358 g/mol. The molecule has 0 saturated heterocycles. The molecule has 0 aromatic heterocycles. The normalized spacial score (nSPS) is 13.0. The van der Waals surface area contributed by atoms with E-state index >= 15 is 0 Å². The second kappa shape index (κ2) is 14.4. The summed E-state index contributed by atoms with van der Waals surface area (Å²) in [5, 5.41) is 2.40. The molecule has 0 radical (unpaired) electrons. The molecule has 0 bridgehead atoms. The molecule has 0 saturated carbocycles. The molecule has 162 valence electrons. The summed E-state index contributed by atoms with van der Waals surface area (Å²) in [6, 6.07) is 5.62. The molecule has 29 heavy (non-hydrogen) atoms. The summed E-state index contributed by atoms with van der Waals surface area (Å²) in [5.41, 5.74) is 2.18. The minimum atomic E-state index is -0.251. The molecule has 1 N–H and O–H groups in total.